The number of amides is 2. The molecule has 2 saturated heterocycles. The SMILES string of the molecule is CCC(=O)NC1CCCN(C(=O)C2CC23CCNCC3)C1. The zero-order chi connectivity index (χ0) is 14.9. The molecule has 118 valence electrons. The van der Waals surface area contributed by atoms with E-state index in [9.17, 15) is 9.59 Å². The maximum absolute atomic E-state index is 12.7. The summed E-state index contributed by atoms with van der Waals surface area (Å²) in [6.45, 7) is 5.54. The van der Waals surface area contributed by atoms with Crippen molar-refractivity contribution in [1.29, 1.82) is 0 Å². The van der Waals surface area contributed by atoms with Gasteiger partial charge >= 0.3 is 0 Å². The smallest absolute Gasteiger partial charge is 0.226 e. The maximum atomic E-state index is 12.7. The van der Waals surface area contributed by atoms with Crippen LogP contribution in [0.5, 0.6) is 0 Å². The third kappa shape index (κ3) is 3.07. The largest absolute Gasteiger partial charge is 0.352 e. The van der Waals surface area contributed by atoms with Crippen molar-refractivity contribution in [3.8, 4) is 0 Å². The second-order valence-electron chi connectivity index (χ2n) is 6.91. The Morgan fingerprint density at radius 1 is 1.33 bits per heavy atom. The molecule has 2 atom stereocenters. The van der Waals surface area contributed by atoms with Gasteiger partial charge < -0.3 is 15.5 Å². The van der Waals surface area contributed by atoms with E-state index in [1.54, 1.807) is 0 Å². The highest BCUT2D eigenvalue weighted by Gasteiger charge is 2.58. The Labute approximate surface area is 126 Å². The van der Waals surface area contributed by atoms with E-state index in [0.717, 1.165) is 51.7 Å². The molecule has 21 heavy (non-hydrogen) atoms. The van der Waals surface area contributed by atoms with Crippen molar-refractivity contribution in [2.24, 2.45) is 11.3 Å². The van der Waals surface area contributed by atoms with Gasteiger partial charge in [-0.2, -0.15) is 0 Å². The molecule has 0 radical (unpaired) electrons. The number of hydrogen-bond donors (Lipinski definition) is 2. The van der Waals surface area contributed by atoms with E-state index in [1.165, 1.54) is 0 Å². The van der Waals surface area contributed by atoms with Gasteiger partial charge in [-0.05, 0) is 50.6 Å². The molecule has 3 fully saturated rings. The van der Waals surface area contributed by atoms with Crippen LogP contribution >= 0.6 is 0 Å². The number of rotatable bonds is 3. The van der Waals surface area contributed by atoms with E-state index >= 15 is 0 Å². The van der Waals surface area contributed by atoms with Crippen LogP contribution in [-0.4, -0.2) is 48.9 Å². The minimum atomic E-state index is 0.0931. The van der Waals surface area contributed by atoms with Crippen molar-refractivity contribution >= 4 is 11.8 Å². The van der Waals surface area contributed by atoms with Crippen LogP contribution in [-0.2, 0) is 9.59 Å². The molecule has 5 heteroatoms. The Morgan fingerprint density at radius 3 is 2.81 bits per heavy atom. The van der Waals surface area contributed by atoms with Gasteiger partial charge in [-0.15, -0.1) is 0 Å². The lowest BCUT2D eigenvalue weighted by atomic mass is 9.91. The number of likely N-dealkylation sites (tertiary alicyclic amines) is 1. The monoisotopic (exact) mass is 293 g/mol. The van der Waals surface area contributed by atoms with Gasteiger partial charge in [-0.3, -0.25) is 9.59 Å². The molecule has 1 saturated carbocycles. The van der Waals surface area contributed by atoms with Gasteiger partial charge in [-0.25, -0.2) is 0 Å². The molecule has 3 rings (SSSR count). The van der Waals surface area contributed by atoms with Crippen LogP contribution in [0, 0.1) is 11.3 Å². The van der Waals surface area contributed by atoms with E-state index in [4.69, 9.17) is 0 Å². The van der Waals surface area contributed by atoms with Gasteiger partial charge in [0.2, 0.25) is 11.8 Å². The lowest BCUT2D eigenvalue weighted by Gasteiger charge is -2.34. The Bertz CT molecular complexity index is 418. The number of nitrogens with zero attached hydrogens (tertiary/aromatic N) is 1. The molecule has 5 nitrogen and oxygen atoms in total. The second-order valence-corrected chi connectivity index (χ2v) is 6.91. The Morgan fingerprint density at radius 2 is 2.10 bits per heavy atom. The molecule has 2 heterocycles. The zero-order valence-corrected chi connectivity index (χ0v) is 13.0. The summed E-state index contributed by atoms with van der Waals surface area (Å²) in [7, 11) is 0. The fraction of sp³-hybridized carbons (Fsp3) is 0.875. The molecule has 2 N–H and O–H groups in total. The number of piperidine rings is 2. The molecule has 1 spiro atoms. The first kappa shape index (κ1) is 14.8. The number of hydrogen-bond acceptors (Lipinski definition) is 3. The third-order valence-corrected chi connectivity index (χ3v) is 5.51. The average molecular weight is 293 g/mol. The van der Waals surface area contributed by atoms with Gasteiger partial charge in [0.15, 0.2) is 0 Å². The molecule has 3 aliphatic rings. The normalized spacial score (nSPS) is 31.0. The summed E-state index contributed by atoms with van der Waals surface area (Å²) in [5, 5.41) is 6.42. The summed E-state index contributed by atoms with van der Waals surface area (Å²) in [4.78, 5) is 26.3. The Hall–Kier alpha value is -1.10. The van der Waals surface area contributed by atoms with Crippen LogP contribution in [0.3, 0.4) is 0 Å². The van der Waals surface area contributed by atoms with Gasteiger partial charge in [0.1, 0.15) is 0 Å². The lowest BCUT2D eigenvalue weighted by molar-refractivity contribution is -0.135. The summed E-state index contributed by atoms with van der Waals surface area (Å²) >= 11 is 0. The fourth-order valence-corrected chi connectivity index (χ4v) is 4.02. The predicted octanol–water partition coefficient (Wildman–Crippen LogP) is 0.893. The lowest BCUT2D eigenvalue weighted by Crippen LogP contribution is -2.50. The molecule has 0 bridgehead atoms. The van der Waals surface area contributed by atoms with Crippen LogP contribution in [0.2, 0.25) is 0 Å². The standard InChI is InChI=1S/C16H27N3O2/c1-2-14(20)18-12-4-3-9-19(11-12)15(21)13-10-16(13)5-7-17-8-6-16/h12-13,17H,2-11H2,1H3,(H,18,20). The van der Waals surface area contributed by atoms with Crippen molar-refractivity contribution < 1.29 is 9.59 Å². The summed E-state index contributed by atoms with van der Waals surface area (Å²) < 4.78 is 0. The van der Waals surface area contributed by atoms with E-state index < -0.39 is 0 Å². The molecular weight excluding hydrogens is 266 g/mol. The number of carbonyl (C=O) groups excluding carboxylic acids is 2. The minimum Gasteiger partial charge on any atom is -0.352 e. The third-order valence-electron chi connectivity index (χ3n) is 5.51. The van der Waals surface area contributed by atoms with Crippen LogP contribution in [0.25, 0.3) is 0 Å². The highest BCUT2D eigenvalue weighted by molar-refractivity contribution is 5.83. The van der Waals surface area contributed by atoms with E-state index in [2.05, 4.69) is 10.6 Å². The summed E-state index contributed by atoms with van der Waals surface area (Å²) in [5.41, 5.74) is 0.307. The first-order valence-corrected chi connectivity index (χ1v) is 8.43. The van der Waals surface area contributed by atoms with E-state index in [0.29, 0.717) is 24.3 Å². The Kier molecular flexibility index (Phi) is 4.20. The number of carbonyl (C=O) groups is 2. The van der Waals surface area contributed by atoms with Crippen molar-refractivity contribution in [3.05, 3.63) is 0 Å². The van der Waals surface area contributed by atoms with Crippen molar-refractivity contribution in [2.45, 2.75) is 51.5 Å². The first-order valence-electron chi connectivity index (χ1n) is 8.43. The van der Waals surface area contributed by atoms with Gasteiger partial charge in [0.05, 0.1) is 0 Å². The van der Waals surface area contributed by atoms with Crippen LogP contribution in [0.15, 0.2) is 0 Å². The van der Waals surface area contributed by atoms with Gasteiger partial charge in [-0.1, -0.05) is 6.92 Å². The average Bonchev–Trinajstić information content (AvgIpc) is 3.20. The van der Waals surface area contributed by atoms with Crippen molar-refractivity contribution in [1.82, 2.24) is 15.5 Å². The van der Waals surface area contributed by atoms with Gasteiger partial charge in [0.25, 0.3) is 0 Å². The molecule has 0 aromatic carbocycles. The summed E-state index contributed by atoms with van der Waals surface area (Å²) in [6.07, 6.45) is 5.89. The zero-order valence-electron chi connectivity index (χ0n) is 13.0. The van der Waals surface area contributed by atoms with Crippen molar-refractivity contribution in [3.63, 3.8) is 0 Å². The molecule has 0 aromatic rings. The molecule has 2 aliphatic heterocycles. The van der Waals surface area contributed by atoms with E-state index in [-0.39, 0.29) is 17.9 Å². The predicted molar refractivity (Wildman–Crippen MR) is 80.7 cm³/mol. The molecule has 0 aromatic heterocycles. The molecule has 2 amide bonds. The number of nitrogens with one attached hydrogen (secondary N) is 2. The summed E-state index contributed by atoms with van der Waals surface area (Å²) in [5.74, 6) is 0.683. The Balaban J connectivity index is 1.54. The quantitative estimate of drug-likeness (QED) is 0.812. The van der Waals surface area contributed by atoms with Crippen molar-refractivity contribution in [2.75, 3.05) is 26.2 Å². The topological polar surface area (TPSA) is 61.4 Å². The molecule has 1 aliphatic carbocycles. The highest BCUT2D eigenvalue weighted by atomic mass is 16.2. The van der Waals surface area contributed by atoms with Crippen LogP contribution in [0.1, 0.15) is 45.4 Å². The molecular formula is C16H27N3O2. The minimum absolute atomic E-state index is 0.0931. The highest BCUT2D eigenvalue weighted by Crippen LogP contribution is 2.59. The fourth-order valence-electron chi connectivity index (χ4n) is 4.02. The first-order chi connectivity index (χ1) is 10.1. The van der Waals surface area contributed by atoms with E-state index in [1.807, 2.05) is 11.8 Å². The van der Waals surface area contributed by atoms with Crippen LogP contribution < -0.4 is 10.6 Å². The second kappa shape index (κ2) is 5.95. The van der Waals surface area contributed by atoms with Gasteiger partial charge in [0, 0.05) is 31.5 Å². The molecule has 2 unspecified atom stereocenters. The summed E-state index contributed by atoms with van der Waals surface area (Å²) in [6, 6.07) is 0.151. The van der Waals surface area contributed by atoms with Crippen LogP contribution in [0.4, 0.5) is 0 Å². The maximum Gasteiger partial charge on any atom is 0.226 e.